The zero-order chi connectivity index (χ0) is 15.4. The maximum absolute atomic E-state index is 9.07. The van der Waals surface area contributed by atoms with Crippen molar-refractivity contribution in [3.05, 3.63) is 54.6 Å². The Bertz CT molecular complexity index is 779. The molecule has 0 bridgehead atoms. The first-order valence-electron chi connectivity index (χ1n) is 7.21. The molecule has 0 radical (unpaired) electrons. The Balaban J connectivity index is 0.00000192. The van der Waals surface area contributed by atoms with Gasteiger partial charge in [-0.3, -0.25) is 0 Å². The molecular weight excluding hydrogens is 312 g/mol. The molecule has 1 aromatic heterocycles. The minimum absolute atomic E-state index is 0. The van der Waals surface area contributed by atoms with Crippen LogP contribution in [0.3, 0.4) is 0 Å². The molecule has 2 aromatic carbocycles. The van der Waals surface area contributed by atoms with Gasteiger partial charge in [-0.2, -0.15) is 0 Å². The molecule has 0 saturated heterocycles. The molecular formula is C18H19ClN2O2. The summed E-state index contributed by atoms with van der Waals surface area (Å²) in [6.07, 6.45) is 0. The number of ether oxygens (including phenoxy) is 1. The summed E-state index contributed by atoms with van der Waals surface area (Å²) in [5.41, 5.74) is 3.77. The van der Waals surface area contributed by atoms with Crippen molar-refractivity contribution >= 4 is 29.0 Å². The average Bonchev–Trinajstić information content (AvgIpc) is 2.59. The van der Waals surface area contributed by atoms with E-state index < -0.39 is 0 Å². The Morgan fingerprint density at radius 1 is 1.09 bits per heavy atom. The van der Waals surface area contributed by atoms with Crippen LogP contribution in [0.2, 0.25) is 0 Å². The van der Waals surface area contributed by atoms with E-state index in [1.807, 2.05) is 54.6 Å². The number of halogens is 1. The van der Waals surface area contributed by atoms with Crippen molar-refractivity contribution in [1.29, 1.82) is 0 Å². The summed E-state index contributed by atoms with van der Waals surface area (Å²) in [5.74, 6) is 0.776. The lowest BCUT2D eigenvalue weighted by Crippen LogP contribution is -2.06. The van der Waals surface area contributed by atoms with Gasteiger partial charge in [0.15, 0.2) is 0 Å². The number of methoxy groups -OCH3 is 1. The molecule has 0 aliphatic rings. The summed E-state index contributed by atoms with van der Waals surface area (Å²) < 4.78 is 5.29. The topological polar surface area (TPSA) is 54.4 Å². The van der Waals surface area contributed by atoms with Crippen LogP contribution in [0.25, 0.3) is 22.2 Å². The van der Waals surface area contributed by atoms with E-state index in [0.29, 0.717) is 6.54 Å². The highest BCUT2D eigenvalue weighted by molar-refractivity contribution is 5.94. The second-order valence-corrected chi connectivity index (χ2v) is 4.95. The molecule has 4 nitrogen and oxygen atoms in total. The third-order valence-corrected chi connectivity index (χ3v) is 3.51. The zero-order valence-corrected chi connectivity index (χ0v) is 13.6. The monoisotopic (exact) mass is 330 g/mol. The highest BCUT2D eigenvalue weighted by Gasteiger charge is 2.08. The van der Waals surface area contributed by atoms with E-state index in [2.05, 4.69) is 5.32 Å². The van der Waals surface area contributed by atoms with E-state index in [4.69, 9.17) is 14.8 Å². The minimum Gasteiger partial charge on any atom is -0.497 e. The molecule has 3 aromatic rings. The molecule has 23 heavy (non-hydrogen) atoms. The van der Waals surface area contributed by atoms with Gasteiger partial charge < -0.3 is 15.2 Å². The van der Waals surface area contributed by atoms with Crippen molar-refractivity contribution in [1.82, 2.24) is 4.98 Å². The Labute approximate surface area is 141 Å². The smallest absolute Gasteiger partial charge is 0.121 e. The van der Waals surface area contributed by atoms with Crippen LogP contribution in [-0.2, 0) is 0 Å². The first-order valence-corrected chi connectivity index (χ1v) is 7.21. The van der Waals surface area contributed by atoms with Gasteiger partial charge in [0.1, 0.15) is 5.75 Å². The average molecular weight is 331 g/mol. The number of hydrogen-bond donors (Lipinski definition) is 2. The van der Waals surface area contributed by atoms with Crippen molar-refractivity contribution in [2.45, 2.75) is 0 Å². The molecule has 3 rings (SSSR count). The third kappa shape index (κ3) is 3.73. The number of aliphatic hydroxyl groups is 1. The Morgan fingerprint density at radius 3 is 2.57 bits per heavy atom. The lowest BCUT2D eigenvalue weighted by molar-refractivity contribution is 0.311. The number of nitrogens with zero attached hydrogens (tertiary/aromatic N) is 1. The molecule has 5 heteroatoms. The maximum Gasteiger partial charge on any atom is 0.121 e. The van der Waals surface area contributed by atoms with E-state index in [0.717, 1.165) is 33.6 Å². The van der Waals surface area contributed by atoms with Crippen LogP contribution in [0, 0.1) is 0 Å². The molecule has 120 valence electrons. The lowest BCUT2D eigenvalue weighted by atomic mass is 10.1. The van der Waals surface area contributed by atoms with Gasteiger partial charge in [0, 0.05) is 29.2 Å². The van der Waals surface area contributed by atoms with Crippen molar-refractivity contribution in [3.63, 3.8) is 0 Å². The van der Waals surface area contributed by atoms with Gasteiger partial charge in [0.05, 0.1) is 24.9 Å². The Morgan fingerprint density at radius 2 is 1.87 bits per heavy atom. The van der Waals surface area contributed by atoms with Crippen LogP contribution in [0.5, 0.6) is 5.75 Å². The third-order valence-electron chi connectivity index (χ3n) is 3.51. The van der Waals surface area contributed by atoms with Gasteiger partial charge in [0.25, 0.3) is 0 Å². The van der Waals surface area contributed by atoms with Crippen molar-refractivity contribution in [2.75, 3.05) is 25.6 Å². The van der Waals surface area contributed by atoms with E-state index in [9.17, 15) is 0 Å². The van der Waals surface area contributed by atoms with Crippen molar-refractivity contribution in [2.24, 2.45) is 0 Å². The number of hydrogen-bond acceptors (Lipinski definition) is 4. The van der Waals surface area contributed by atoms with Gasteiger partial charge in [-0.25, -0.2) is 4.98 Å². The van der Waals surface area contributed by atoms with E-state index in [-0.39, 0.29) is 19.0 Å². The van der Waals surface area contributed by atoms with Gasteiger partial charge in [-0.1, -0.05) is 30.3 Å². The molecule has 0 spiro atoms. The summed E-state index contributed by atoms with van der Waals surface area (Å²) in [4.78, 5) is 4.74. The standard InChI is InChI=1S/C18H18N2O2.ClH/c1-22-14-7-8-15-17(19-9-10-21)12-16(20-18(15)11-14)13-5-3-2-4-6-13;/h2-8,11-12,21H,9-10H2,1H3,(H,19,20);1H. The summed E-state index contributed by atoms with van der Waals surface area (Å²) >= 11 is 0. The summed E-state index contributed by atoms with van der Waals surface area (Å²) in [7, 11) is 1.65. The van der Waals surface area contributed by atoms with Crippen LogP contribution in [0.4, 0.5) is 5.69 Å². The van der Waals surface area contributed by atoms with Crippen LogP contribution < -0.4 is 10.1 Å². The fraction of sp³-hybridized carbons (Fsp3) is 0.167. The highest BCUT2D eigenvalue weighted by Crippen LogP contribution is 2.30. The molecule has 0 aliphatic heterocycles. The lowest BCUT2D eigenvalue weighted by Gasteiger charge is -2.12. The quantitative estimate of drug-likeness (QED) is 0.748. The fourth-order valence-electron chi connectivity index (χ4n) is 2.43. The molecule has 1 heterocycles. The van der Waals surface area contributed by atoms with Crippen LogP contribution in [-0.4, -0.2) is 30.4 Å². The van der Waals surface area contributed by atoms with Gasteiger partial charge in [0.2, 0.25) is 0 Å². The molecule has 0 unspecified atom stereocenters. The molecule has 0 amide bonds. The van der Waals surface area contributed by atoms with Crippen LogP contribution in [0.1, 0.15) is 0 Å². The van der Waals surface area contributed by atoms with Gasteiger partial charge in [-0.05, 0) is 18.2 Å². The SMILES string of the molecule is COc1ccc2c(NCCO)cc(-c3ccccc3)nc2c1.Cl. The van der Waals surface area contributed by atoms with E-state index in [1.54, 1.807) is 7.11 Å². The normalized spacial score (nSPS) is 10.2. The zero-order valence-electron chi connectivity index (χ0n) is 12.8. The largest absolute Gasteiger partial charge is 0.497 e. The first-order chi connectivity index (χ1) is 10.8. The predicted octanol–water partition coefficient (Wildman–Crippen LogP) is 3.74. The second-order valence-electron chi connectivity index (χ2n) is 4.95. The molecule has 0 atom stereocenters. The Hall–Kier alpha value is -2.30. The number of aliphatic hydroxyl groups excluding tert-OH is 1. The first kappa shape index (κ1) is 17.1. The number of rotatable bonds is 5. The van der Waals surface area contributed by atoms with E-state index in [1.165, 1.54) is 0 Å². The number of benzene rings is 2. The number of aromatic nitrogens is 1. The van der Waals surface area contributed by atoms with Crippen LogP contribution >= 0.6 is 12.4 Å². The van der Waals surface area contributed by atoms with Crippen molar-refractivity contribution in [3.8, 4) is 17.0 Å². The number of anilines is 1. The predicted molar refractivity (Wildman–Crippen MR) is 96.6 cm³/mol. The molecule has 0 aliphatic carbocycles. The minimum atomic E-state index is 0. The van der Waals surface area contributed by atoms with Gasteiger partial charge in [-0.15, -0.1) is 12.4 Å². The van der Waals surface area contributed by atoms with Crippen LogP contribution in [0.15, 0.2) is 54.6 Å². The fourth-order valence-corrected chi connectivity index (χ4v) is 2.43. The second kappa shape index (κ2) is 7.81. The molecule has 0 fully saturated rings. The van der Waals surface area contributed by atoms with Gasteiger partial charge >= 0.3 is 0 Å². The number of fused-ring (bicyclic) bond motifs is 1. The molecule has 2 N–H and O–H groups in total. The molecule has 0 saturated carbocycles. The highest BCUT2D eigenvalue weighted by atomic mass is 35.5. The summed E-state index contributed by atoms with van der Waals surface area (Å²) in [5, 5.41) is 13.3. The summed E-state index contributed by atoms with van der Waals surface area (Å²) in [6, 6.07) is 17.9. The number of pyridine rings is 1. The maximum atomic E-state index is 9.07. The number of nitrogens with one attached hydrogen (secondary N) is 1. The van der Waals surface area contributed by atoms with Crippen molar-refractivity contribution < 1.29 is 9.84 Å². The summed E-state index contributed by atoms with van der Waals surface area (Å²) in [6.45, 7) is 0.583. The Kier molecular flexibility index (Phi) is 5.79. The van der Waals surface area contributed by atoms with E-state index >= 15 is 0 Å².